The van der Waals surface area contributed by atoms with E-state index in [0.717, 1.165) is 57.4 Å². The highest BCUT2D eigenvalue weighted by Crippen LogP contribution is 2.47. The topological polar surface area (TPSA) is 17.1 Å². The third kappa shape index (κ3) is 4.54. The standard InChI is InChI=1S/C32H32O/c1-5-7-13-24(6-2)28-29(26-19-17-22(3)18-20-26)31(27-16-11-12-23(4)21-27)32(33)30(28)25-14-9-8-10-15-25/h5-11,13-17,19-23H,2,12,18H2,1,3-4H3/b7-5-,24-13+. The lowest BCUT2D eigenvalue weighted by Crippen LogP contribution is -2.08. The van der Waals surface area contributed by atoms with Crippen molar-refractivity contribution in [1.82, 2.24) is 0 Å². The minimum absolute atomic E-state index is 0.0948. The van der Waals surface area contributed by atoms with Crippen molar-refractivity contribution in [2.24, 2.45) is 11.8 Å². The molecule has 0 aromatic heterocycles. The fourth-order valence-electron chi connectivity index (χ4n) is 4.71. The fraction of sp³-hybridized carbons (Fsp3) is 0.219. The van der Waals surface area contributed by atoms with Crippen LogP contribution in [0.1, 0.15) is 39.2 Å². The summed E-state index contributed by atoms with van der Waals surface area (Å²) in [5, 5.41) is 0. The summed E-state index contributed by atoms with van der Waals surface area (Å²) in [7, 11) is 0. The van der Waals surface area contributed by atoms with Crippen molar-refractivity contribution in [2.45, 2.75) is 33.6 Å². The third-order valence-corrected chi connectivity index (χ3v) is 6.40. The zero-order valence-electron chi connectivity index (χ0n) is 19.8. The van der Waals surface area contributed by atoms with E-state index in [4.69, 9.17) is 0 Å². The van der Waals surface area contributed by atoms with Gasteiger partial charge in [-0.3, -0.25) is 4.79 Å². The molecule has 2 atom stereocenters. The van der Waals surface area contributed by atoms with E-state index in [9.17, 15) is 4.79 Å². The molecule has 3 aliphatic rings. The highest BCUT2D eigenvalue weighted by Gasteiger charge is 2.36. The monoisotopic (exact) mass is 432 g/mol. The summed E-state index contributed by atoms with van der Waals surface area (Å²) in [5.74, 6) is 1.00. The van der Waals surface area contributed by atoms with Gasteiger partial charge in [-0.25, -0.2) is 0 Å². The normalized spacial score (nSPS) is 23.5. The number of allylic oxidation sites excluding steroid dienone is 17. The lowest BCUT2D eigenvalue weighted by atomic mass is 9.84. The van der Waals surface area contributed by atoms with Gasteiger partial charge >= 0.3 is 0 Å². The molecular formula is C32H32O. The van der Waals surface area contributed by atoms with Crippen LogP contribution in [0, 0.1) is 11.8 Å². The SMILES string of the molecule is C=C/C(=C\C=C/C)C1=C(c2ccccc2)C(=O)C(C2=CC(C)CC=C2)=C1C1=CCC(C)C=C1. The van der Waals surface area contributed by atoms with E-state index >= 15 is 0 Å². The van der Waals surface area contributed by atoms with Crippen molar-refractivity contribution in [1.29, 1.82) is 0 Å². The van der Waals surface area contributed by atoms with E-state index in [2.05, 4.69) is 63.0 Å². The molecule has 1 heteroatoms. The number of hydrogen-bond donors (Lipinski definition) is 0. The van der Waals surface area contributed by atoms with Crippen LogP contribution in [0.4, 0.5) is 0 Å². The van der Waals surface area contributed by atoms with Gasteiger partial charge in [0.1, 0.15) is 0 Å². The second-order valence-electron chi connectivity index (χ2n) is 9.02. The van der Waals surface area contributed by atoms with Gasteiger partial charge in [-0.15, -0.1) is 0 Å². The van der Waals surface area contributed by atoms with Crippen LogP contribution < -0.4 is 0 Å². The smallest absolute Gasteiger partial charge is 0.195 e. The van der Waals surface area contributed by atoms with Crippen LogP contribution in [0.2, 0.25) is 0 Å². The molecule has 4 rings (SSSR count). The Bertz CT molecular complexity index is 1200. The van der Waals surface area contributed by atoms with Crippen molar-refractivity contribution >= 4 is 11.4 Å². The highest BCUT2D eigenvalue weighted by molar-refractivity contribution is 6.36. The summed E-state index contributed by atoms with van der Waals surface area (Å²) in [5.41, 5.74) is 7.64. The molecule has 0 saturated carbocycles. The summed E-state index contributed by atoms with van der Waals surface area (Å²) in [4.78, 5) is 14.2. The number of ketones is 1. The molecular weight excluding hydrogens is 400 g/mol. The minimum atomic E-state index is 0.0948. The van der Waals surface area contributed by atoms with Crippen LogP contribution in [0.5, 0.6) is 0 Å². The molecule has 1 nitrogen and oxygen atoms in total. The van der Waals surface area contributed by atoms with E-state index in [1.54, 1.807) is 0 Å². The lowest BCUT2D eigenvalue weighted by molar-refractivity contribution is -0.110. The Morgan fingerprint density at radius 2 is 1.76 bits per heavy atom. The Morgan fingerprint density at radius 3 is 2.39 bits per heavy atom. The third-order valence-electron chi connectivity index (χ3n) is 6.40. The van der Waals surface area contributed by atoms with Crippen LogP contribution in [0.3, 0.4) is 0 Å². The molecule has 0 heterocycles. The number of hydrogen-bond acceptors (Lipinski definition) is 1. The van der Waals surface area contributed by atoms with Gasteiger partial charge in [0, 0.05) is 22.3 Å². The molecule has 2 unspecified atom stereocenters. The second kappa shape index (κ2) is 10.0. The zero-order chi connectivity index (χ0) is 23.4. The van der Waals surface area contributed by atoms with Crippen LogP contribution in [0.15, 0.2) is 131 Å². The van der Waals surface area contributed by atoms with Crippen molar-refractivity contribution in [2.75, 3.05) is 0 Å². The molecule has 0 spiro atoms. The van der Waals surface area contributed by atoms with Crippen molar-refractivity contribution in [3.05, 3.63) is 137 Å². The molecule has 0 radical (unpaired) electrons. The molecule has 0 aliphatic heterocycles. The molecule has 0 bridgehead atoms. The summed E-state index contributed by atoms with van der Waals surface area (Å²) < 4.78 is 0. The largest absolute Gasteiger partial charge is 0.289 e. The van der Waals surface area contributed by atoms with Gasteiger partial charge in [-0.05, 0) is 53.9 Å². The summed E-state index contributed by atoms with van der Waals surface area (Å²) in [6.45, 7) is 10.5. The van der Waals surface area contributed by atoms with Crippen LogP contribution in [-0.4, -0.2) is 5.78 Å². The summed E-state index contributed by atoms with van der Waals surface area (Å²) in [6, 6.07) is 10.1. The molecule has 33 heavy (non-hydrogen) atoms. The van der Waals surface area contributed by atoms with Gasteiger partial charge < -0.3 is 0 Å². The number of carbonyl (C=O) groups excluding carboxylic acids is 1. The first-order valence-corrected chi connectivity index (χ1v) is 11.9. The van der Waals surface area contributed by atoms with Gasteiger partial charge in [0.05, 0.1) is 0 Å². The fourth-order valence-corrected chi connectivity index (χ4v) is 4.71. The quantitative estimate of drug-likeness (QED) is 0.416. The summed E-state index contributed by atoms with van der Waals surface area (Å²) in [6.07, 6.45) is 23.2. The molecule has 1 aromatic rings. The van der Waals surface area contributed by atoms with Gasteiger partial charge in [0.15, 0.2) is 5.78 Å². The van der Waals surface area contributed by atoms with Gasteiger partial charge in [-0.2, -0.15) is 0 Å². The highest BCUT2D eigenvalue weighted by atomic mass is 16.1. The average molecular weight is 433 g/mol. The molecule has 3 aliphatic carbocycles. The molecule has 0 amide bonds. The maximum atomic E-state index is 14.2. The number of Topliss-reactive ketones (excluding diaryl/α,β-unsaturated/α-hetero) is 1. The average Bonchev–Trinajstić information content (AvgIpc) is 3.13. The van der Waals surface area contributed by atoms with E-state index < -0.39 is 0 Å². The first-order chi connectivity index (χ1) is 16.0. The molecule has 166 valence electrons. The van der Waals surface area contributed by atoms with E-state index in [-0.39, 0.29) is 5.78 Å². The Kier molecular flexibility index (Phi) is 6.89. The lowest BCUT2D eigenvalue weighted by Gasteiger charge is -2.20. The Morgan fingerprint density at radius 1 is 0.970 bits per heavy atom. The zero-order valence-corrected chi connectivity index (χ0v) is 19.8. The van der Waals surface area contributed by atoms with E-state index in [0.29, 0.717) is 11.8 Å². The molecule has 0 N–H and O–H groups in total. The number of rotatable bonds is 6. The number of carbonyl (C=O) groups is 1. The first kappa shape index (κ1) is 22.7. The van der Waals surface area contributed by atoms with Gasteiger partial charge in [0.25, 0.3) is 0 Å². The van der Waals surface area contributed by atoms with Crippen molar-refractivity contribution in [3.63, 3.8) is 0 Å². The molecule has 0 saturated heterocycles. The van der Waals surface area contributed by atoms with Gasteiger partial charge in [0.2, 0.25) is 0 Å². The van der Waals surface area contributed by atoms with Crippen LogP contribution in [-0.2, 0) is 4.79 Å². The van der Waals surface area contributed by atoms with E-state index in [1.807, 2.05) is 55.5 Å². The van der Waals surface area contributed by atoms with Crippen molar-refractivity contribution in [3.8, 4) is 0 Å². The Labute approximate surface area is 198 Å². The van der Waals surface area contributed by atoms with E-state index in [1.165, 1.54) is 0 Å². The summed E-state index contributed by atoms with van der Waals surface area (Å²) >= 11 is 0. The Balaban J connectivity index is 2.05. The van der Waals surface area contributed by atoms with Crippen LogP contribution >= 0.6 is 0 Å². The first-order valence-electron chi connectivity index (χ1n) is 11.9. The van der Waals surface area contributed by atoms with Crippen molar-refractivity contribution < 1.29 is 4.79 Å². The predicted molar refractivity (Wildman–Crippen MR) is 140 cm³/mol. The maximum absolute atomic E-state index is 14.2. The second-order valence-corrected chi connectivity index (χ2v) is 9.02. The Hall–Kier alpha value is -3.45. The molecule has 0 fully saturated rings. The minimum Gasteiger partial charge on any atom is -0.289 e. The number of benzene rings is 1. The predicted octanol–water partition coefficient (Wildman–Crippen LogP) is 8.05. The maximum Gasteiger partial charge on any atom is 0.195 e. The van der Waals surface area contributed by atoms with Gasteiger partial charge in [-0.1, -0.05) is 112 Å². The molecule has 1 aromatic carbocycles. The van der Waals surface area contributed by atoms with Crippen LogP contribution in [0.25, 0.3) is 5.57 Å².